The zero-order valence-electron chi connectivity index (χ0n) is 21.0. The van der Waals surface area contributed by atoms with Crippen molar-refractivity contribution in [3.63, 3.8) is 0 Å². The fraction of sp³-hybridized carbons (Fsp3) is 0. The summed E-state index contributed by atoms with van der Waals surface area (Å²) < 4.78 is 8.99. The SMILES string of the molecule is c1ccc(N(c2ccccc2)c2ccc(-c3cccc4sc5ccc6c7ccccc7oc6c5c34)cc2)cc1. The van der Waals surface area contributed by atoms with Gasteiger partial charge in [-0.25, -0.2) is 0 Å². The van der Waals surface area contributed by atoms with Crippen molar-refractivity contribution in [2.75, 3.05) is 4.90 Å². The highest BCUT2D eigenvalue weighted by atomic mass is 32.1. The standard InChI is InChI=1S/C36H23NOS/c1-3-10-25(11-4-1)37(26-12-5-2-6-13-26)27-20-18-24(19-21-27)28-15-9-17-32-34(28)35-33(39-32)23-22-30-29-14-7-8-16-31(29)38-36(30)35/h1-23H. The van der Waals surface area contributed by atoms with Gasteiger partial charge in [-0.15, -0.1) is 11.3 Å². The van der Waals surface area contributed by atoms with Crippen LogP contribution in [0.2, 0.25) is 0 Å². The first kappa shape index (κ1) is 22.2. The molecule has 0 unspecified atom stereocenters. The van der Waals surface area contributed by atoms with Crippen LogP contribution in [0, 0.1) is 0 Å². The fourth-order valence-electron chi connectivity index (χ4n) is 5.72. The minimum atomic E-state index is 0.933. The molecule has 0 aliphatic carbocycles. The quantitative estimate of drug-likeness (QED) is 0.231. The molecule has 3 heteroatoms. The number of furan rings is 1. The molecule has 0 spiro atoms. The van der Waals surface area contributed by atoms with Gasteiger partial charge in [0.25, 0.3) is 0 Å². The van der Waals surface area contributed by atoms with Crippen LogP contribution in [0.25, 0.3) is 53.2 Å². The molecule has 184 valence electrons. The van der Waals surface area contributed by atoms with E-state index < -0.39 is 0 Å². The van der Waals surface area contributed by atoms with E-state index in [-0.39, 0.29) is 0 Å². The lowest BCUT2D eigenvalue weighted by Gasteiger charge is -2.25. The molecule has 0 fully saturated rings. The third kappa shape index (κ3) is 3.55. The summed E-state index contributed by atoms with van der Waals surface area (Å²) in [5, 5.41) is 4.80. The van der Waals surface area contributed by atoms with E-state index in [0.29, 0.717) is 0 Å². The lowest BCUT2D eigenvalue weighted by atomic mass is 9.98. The molecule has 0 bridgehead atoms. The minimum absolute atomic E-state index is 0.933. The van der Waals surface area contributed by atoms with E-state index in [2.05, 4.69) is 138 Å². The Morgan fingerprint density at radius 2 is 1.10 bits per heavy atom. The third-order valence-corrected chi connectivity index (χ3v) is 8.59. The van der Waals surface area contributed by atoms with E-state index in [4.69, 9.17) is 4.42 Å². The summed E-state index contributed by atoms with van der Waals surface area (Å²) in [5.41, 5.74) is 7.72. The molecule has 0 radical (unpaired) electrons. The largest absolute Gasteiger partial charge is 0.455 e. The van der Waals surface area contributed by atoms with Crippen LogP contribution in [0.4, 0.5) is 17.1 Å². The van der Waals surface area contributed by atoms with Gasteiger partial charge in [0.2, 0.25) is 0 Å². The molecular formula is C36H23NOS. The van der Waals surface area contributed by atoms with Gasteiger partial charge in [-0.3, -0.25) is 0 Å². The number of para-hydroxylation sites is 3. The zero-order chi connectivity index (χ0) is 25.8. The Morgan fingerprint density at radius 1 is 0.462 bits per heavy atom. The van der Waals surface area contributed by atoms with Crippen molar-refractivity contribution in [2.24, 2.45) is 0 Å². The second kappa shape index (κ2) is 8.87. The maximum absolute atomic E-state index is 6.47. The van der Waals surface area contributed by atoms with Crippen molar-refractivity contribution in [3.05, 3.63) is 140 Å². The molecule has 0 aliphatic rings. The first-order valence-corrected chi connectivity index (χ1v) is 13.9. The molecular weight excluding hydrogens is 494 g/mol. The highest BCUT2D eigenvalue weighted by molar-refractivity contribution is 7.26. The Balaban J connectivity index is 1.31. The number of hydrogen-bond donors (Lipinski definition) is 0. The Bertz CT molecular complexity index is 2070. The van der Waals surface area contributed by atoms with Gasteiger partial charge in [0.15, 0.2) is 0 Å². The number of thiophene rings is 1. The highest BCUT2D eigenvalue weighted by Crippen LogP contribution is 2.45. The summed E-state index contributed by atoms with van der Waals surface area (Å²) in [6.07, 6.45) is 0. The van der Waals surface area contributed by atoms with E-state index >= 15 is 0 Å². The first-order chi connectivity index (χ1) is 19.3. The fourth-order valence-corrected chi connectivity index (χ4v) is 6.85. The number of benzene rings is 6. The molecule has 6 aromatic carbocycles. The smallest absolute Gasteiger partial charge is 0.144 e. The van der Waals surface area contributed by atoms with Gasteiger partial charge >= 0.3 is 0 Å². The predicted molar refractivity (Wildman–Crippen MR) is 167 cm³/mol. The van der Waals surface area contributed by atoms with Crippen molar-refractivity contribution >= 4 is 70.5 Å². The van der Waals surface area contributed by atoms with Gasteiger partial charge in [0.05, 0.1) is 0 Å². The van der Waals surface area contributed by atoms with Crippen LogP contribution >= 0.6 is 11.3 Å². The summed E-state index contributed by atoms with van der Waals surface area (Å²) in [4.78, 5) is 2.29. The molecule has 39 heavy (non-hydrogen) atoms. The summed E-state index contributed by atoms with van der Waals surface area (Å²) >= 11 is 1.83. The van der Waals surface area contributed by atoms with Crippen molar-refractivity contribution in [2.45, 2.75) is 0 Å². The number of anilines is 3. The Labute approximate surface area is 230 Å². The van der Waals surface area contributed by atoms with Crippen LogP contribution in [0.3, 0.4) is 0 Å². The Morgan fingerprint density at radius 3 is 1.85 bits per heavy atom. The maximum atomic E-state index is 6.47. The van der Waals surface area contributed by atoms with Crippen molar-refractivity contribution in [1.29, 1.82) is 0 Å². The van der Waals surface area contributed by atoms with E-state index in [0.717, 1.165) is 33.6 Å². The molecule has 0 aliphatic heterocycles. The van der Waals surface area contributed by atoms with Crippen molar-refractivity contribution in [3.8, 4) is 11.1 Å². The van der Waals surface area contributed by atoms with Crippen LogP contribution < -0.4 is 4.90 Å². The Kier molecular flexibility index (Phi) is 5.04. The van der Waals surface area contributed by atoms with Crippen molar-refractivity contribution in [1.82, 2.24) is 0 Å². The van der Waals surface area contributed by atoms with E-state index in [1.807, 2.05) is 17.4 Å². The van der Waals surface area contributed by atoms with Crippen LogP contribution in [0.1, 0.15) is 0 Å². The first-order valence-electron chi connectivity index (χ1n) is 13.1. The highest BCUT2D eigenvalue weighted by Gasteiger charge is 2.18. The van der Waals surface area contributed by atoms with Gasteiger partial charge in [-0.2, -0.15) is 0 Å². The van der Waals surface area contributed by atoms with Crippen LogP contribution in [0.5, 0.6) is 0 Å². The molecule has 0 atom stereocenters. The summed E-state index contributed by atoms with van der Waals surface area (Å²) in [6.45, 7) is 0. The van der Waals surface area contributed by atoms with E-state index in [1.165, 1.54) is 36.7 Å². The average molecular weight is 518 g/mol. The molecule has 0 amide bonds. The summed E-state index contributed by atoms with van der Waals surface area (Å²) in [5.74, 6) is 0. The molecule has 0 saturated heterocycles. The van der Waals surface area contributed by atoms with E-state index in [9.17, 15) is 0 Å². The number of nitrogens with zero attached hydrogens (tertiary/aromatic N) is 1. The van der Waals surface area contributed by atoms with Gasteiger partial charge in [0.1, 0.15) is 11.2 Å². The van der Waals surface area contributed by atoms with Gasteiger partial charge in [0, 0.05) is 48.0 Å². The van der Waals surface area contributed by atoms with Gasteiger partial charge < -0.3 is 9.32 Å². The Hall–Kier alpha value is -4.86. The molecule has 8 aromatic rings. The second-order valence-corrected chi connectivity index (χ2v) is 10.8. The lowest BCUT2D eigenvalue weighted by Crippen LogP contribution is -2.09. The molecule has 2 heterocycles. The van der Waals surface area contributed by atoms with E-state index in [1.54, 1.807) is 0 Å². The second-order valence-electron chi connectivity index (χ2n) is 9.75. The number of hydrogen-bond acceptors (Lipinski definition) is 3. The molecule has 2 nitrogen and oxygen atoms in total. The molecule has 0 saturated carbocycles. The maximum Gasteiger partial charge on any atom is 0.144 e. The summed E-state index contributed by atoms with van der Waals surface area (Å²) in [7, 11) is 0. The number of fused-ring (bicyclic) bond motifs is 7. The lowest BCUT2D eigenvalue weighted by molar-refractivity contribution is 0.673. The van der Waals surface area contributed by atoms with Crippen LogP contribution in [-0.4, -0.2) is 0 Å². The third-order valence-electron chi connectivity index (χ3n) is 7.47. The van der Waals surface area contributed by atoms with Gasteiger partial charge in [-0.1, -0.05) is 78.9 Å². The zero-order valence-corrected chi connectivity index (χ0v) is 21.9. The molecule has 0 N–H and O–H groups in total. The summed E-state index contributed by atoms with van der Waals surface area (Å²) in [6, 6.07) is 49.4. The predicted octanol–water partition coefficient (Wildman–Crippen LogP) is 11.1. The molecule has 2 aromatic heterocycles. The normalized spacial score (nSPS) is 11.6. The van der Waals surface area contributed by atoms with Gasteiger partial charge in [-0.05, 0) is 71.8 Å². The molecule has 8 rings (SSSR count). The van der Waals surface area contributed by atoms with Crippen LogP contribution in [-0.2, 0) is 0 Å². The minimum Gasteiger partial charge on any atom is -0.455 e. The van der Waals surface area contributed by atoms with Crippen LogP contribution in [0.15, 0.2) is 144 Å². The average Bonchev–Trinajstić information content (AvgIpc) is 3.57. The monoisotopic (exact) mass is 517 g/mol. The topological polar surface area (TPSA) is 16.4 Å². The number of rotatable bonds is 4. The van der Waals surface area contributed by atoms with Crippen molar-refractivity contribution < 1.29 is 4.42 Å².